The zero-order chi connectivity index (χ0) is 14.7. The van der Waals surface area contributed by atoms with Crippen molar-refractivity contribution in [1.82, 2.24) is 10.2 Å². The Morgan fingerprint density at radius 2 is 2.05 bits per heavy atom. The van der Waals surface area contributed by atoms with Crippen molar-refractivity contribution < 1.29 is 0 Å². The molecule has 2 nitrogen and oxygen atoms in total. The molecule has 2 aliphatic rings. The molecule has 0 aromatic heterocycles. The SMILES string of the molecule is CCCNC1c2ccccc2CCCC1N1CCCC1C. The molecule has 3 rings (SSSR count). The molecule has 1 fully saturated rings. The van der Waals surface area contributed by atoms with Crippen LogP contribution in [-0.4, -0.2) is 30.1 Å². The van der Waals surface area contributed by atoms with Crippen molar-refractivity contribution in [3.8, 4) is 0 Å². The van der Waals surface area contributed by atoms with Gasteiger partial charge in [-0.1, -0.05) is 31.2 Å². The Kier molecular flexibility index (Phi) is 4.97. The van der Waals surface area contributed by atoms with Crippen LogP contribution < -0.4 is 5.32 Å². The first kappa shape index (κ1) is 15.1. The van der Waals surface area contributed by atoms with Crippen LogP contribution >= 0.6 is 0 Å². The minimum Gasteiger partial charge on any atom is -0.309 e. The third-order valence-corrected chi connectivity index (χ3v) is 5.37. The molecular formula is C19H30N2. The van der Waals surface area contributed by atoms with Crippen LogP contribution in [0.5, 0.6) is 0 Å². The Morgan fingerprint density at radius 3 is 2.81 bits per heavy atom. The van der Waals surface area contributed by atoms with E-state index in [1.54, 1.807) is 11.1 Å². The number of nitrogens with one attached hydrogen (secondary N) is 1. The average molecular weight is 286 g/mol. The van der Waals surface area contributed by atoms with Crippen LogP contribution in [0.1, 0.15) is 63.1 Å². The number of hydrogen-bond acceptors (Lipinski definition) is 2. The van der Waals surface area contributed by atoms with E-state index in [1.807, 2.05) is 0 Å². The van der Waals surface area contributed by atoms with Crippen LogP contribution in [-0.2, 0) is 6.42 Å². The van der Waals surface area contributed by atoms with Crippen molar-refractivity contribution in [1.29, 1.82) is 0 Å². The summed E-state index contributed by atoms with van der Waals surface area (Å²) < 4.78 is 0. The number of aryl methyl sites for hydroxylation is 1. The summed E-state index contributed by atoms with van der Waals surface area (Å²) in [6.07, 6.45) is 7.87. The van der Waals surface area contributed by atoms with Crippen LogP contribution in [0.15, 0.2) is 24.3 Å². The summed E-state index contributed by atoms with van der Waals surface area (Å²) >= 11 is 0. The van der Waals surface area contributed by atoms with Gasteiger partial charge in [0.05, 0.1) is 0 Å². The van der Waals surface area contributed by atoms with Gasteiger partial charge in [0.2, 0.25) is 0 Å². The first-order chi connectivity index (χ1) is 10.3. The second-order valence-electron chi connectivity index (χ2n) is 6.82. The van der Waals surface area contributed by atoms with Crippen molar-refractivity contribution >= 4 is 0 Å². The largest absolute Gasteiger partial charge is 0.309 e. The lowest BCUT2D eigenvalue weighted by atomic mass is 9.94. The Hall–Kier alpha value is -0.860. The Labute approximate surface area is 129 Å². The fourth-order valence-electron chi connectivity index (χ4n) is 4.29. The molecule has 21 heavy (non-hydrogen) atoms. The maximum atomic E-state index is 3.87. The standard InChI is InChI=1S/C19H30N2/c1-3-13-20-19-17-11-5-4-9-16(17)10-6-12-18(19)21-14-7-8-15(21)2/h4-5,9,11,15,18-20H,3,6-8,10,12-14H2,1-2H3. The number of benzene rings is 1. The van der Waals surface area contributed by atoms with Crippen molar-refractivity contribution in [2.24, 2.45) is 0 Å². The molecule has 0 amide bonds. The quantitative estimate of drug-likeness (QED) is 0.844. The molecule has 3 unspecified atom stereocenters. The molecule has 1 aliphatic heterocycles. The molecule has 1 heterocycles. The minimum absolute atomic E-state index is 0.518. The van der Waals surface area contributed by atoms with Crippen LogP contribution in [0, 0.1) is 0 Å². The lowest BCUT2D eigenvalue weighted by Crippen LogP contribution is -2.46. The smallest absolute Gasteiger partial charge is 0.0481 e. The highest BCUT2D eigenvalue weighted by atomic mass is 15.2. The molecule has 1 aliphatic carbocycles. The van der Waals surface area contributed by atoms with E-state index in [4.69, 9.17) is 0 Å². The van der Waals surface area contributed by atoms with E-state index in [2.05, 4.69) is 48.3 Å². The topological polar surface area (TPSA) is 15.3 Å². The maximum absolute atomic E-state index is 3.87. The van der Waals surface area contributed by atoms with Crippen LogP contribution in [0.3, 0.4) is 0 Å². The summed E-state index contributed by atoms with van der Waals surface area (Å²) in [4.78, 5) is 2.79. The number of hydrogen-bond donors (Lipinski definition) is 1. The first-order valence-electron chi connectivity index (χ1n) is 8.88. The van der Waals surface area contributed by atoms with Gasteiger partial charge in [0, 0.05) is 18.1 Å². The van der Waals surface area contributed by atoms with Crippen LogP contribution in [0.4, 0.5) is 0 Å². The molecule has 0 spiro atoms. The molecular weight excluding hydrogens is 256 g/mol. The third-order valence-electron chi connectivity index (χ3n) is 5.37. The molecule has 1 saturated heterocycles. The van der Waals surface area contributed by atoms with Gasteiger partial charge >= 0.3 is 0 Å². The molecule has 2 heteroatoms. The Morgan fingerprint density at radius 1 is 1.19 bits per heavy atom. The molecule has 0 radical (unpaired) electrons. The Balaban J connectivity index is 1.90. The average Bonchev–Trinajstić information content (AvgIpc) is 2.84. The zero-order valence-corrected chi connectivity index (χ0v) is 13.6. The van der Waals surface area contributed by atoms with Gasteiger partial charge in [0.1, 0.15) is 0 Å². The van der Waals surface area contributed by atoms with Gasteiger partial charge in [-0.15, -0.1) is 0 Å². The molecule has 0 bridgehead atoms. The van der Waals surface area contributed by atoms with E-state index in [0.717, 1.165) is 12.6 Å². The minimum atomic E-state index is 0.518. The highest BCUT2D eigenvalue weighted by Crippen LogP contribution is 2.35. The lowest BCUT2D eigenvalue weighted by Gasteiger charge is -2.37. The van der Waals surface area contributed by atoms with Crippen LogP contribution in [0.25, 0.3) is 0 Å². The van der Waals surface area contributed by atoms with Crippen molar-refractivity contribution in [3.05, 3.63) is 35.4 Å². The molecule has 3 atom stereocenters. The maximum Gasteiger partial charge on any atom is 0.0481 e. The van der Waals surface area contributed by atoms with E-state index in [0.29, 0.717) is 12.1 Å². The highest BCUT2D eigenvalue weighted by Gasteiger charge is 2.35. The van der Waals surface area contributed by atoms with E-state index >= 15 is 0 Å². The third kappa shape index (κ3) is 3.17. The fourth-order valence-corrected chi connectivity index (χ4v) is 4.29. The van der Waals surface area contributed by atoms with Gasteiger partial charge in [-0.25, -0.2) is 0 Å². The van der Waals surface area contributed by atoms with Gasteiger partial charge in [0.25, 0.3) is 0 Å². The summed E-state index contributed by atoms with van der Waals surface area (Å²) in [6, 6.07) is 11.1. The highest BCUT2D eigenvalue weighted by molar-refractivity contribution is 5.32. The summed E-state index contributed by atoms with van der Waals surface area (Å²) in [5.41, 5.74) is 3.13. The second-order valence-corrected chi connectivity index (χ2v) is 6.82. The van der Waals surface area contributed by atoms with Crippen LogP contribution in [0.2, 0.25) is 0 Å². The Bertz CT molecular complexity index is 457. The lowest BCUT2D eigenvalue weighted by molar-refractivity contribution is 0.142. The van der Waals surface area contributed by atoms with Crippen molar-refractivity contribution in [3.63, 3.8) is 0 Å². The van der Waals surface area contributed by atoms with Gasteiger partial charge in [-0.2, -0.15) is 0 Å². The summed E-state index contributed by atoms with van der Waals surface area (Å²) in [7, 11) is 0. The van der Waals surface area contributed by atoms with Gasteiger partial charge in [-0.3, -0.25) is 4.90 Å². The van der Waals surface area contributed by atoms with Gasteiger partial charge in [0.15, 0.2) is 0 Å². The molecule has 116 valence electrons. The predicted molar refractivity (Wildman–Crippen MR) is 89.6 cm³/mol. The van der Waals surface area contributed by atoms with Crippen molar-refractivity contribution in [2.75, 3.05) is 13.1 Å². The van der Waals surface area contributed by atoms with Crippen molar-refractivity contribution in [2.45, 2.75) is 70.5 Å². The fraction of sp³-hybridized carbons (Fsp3) is 0.684. The molecule has 0 saturated carbocycles. The van der Waals surface area contributed by atoms with Gasteiger partial charge < -0.3 is 5.32 Å². The number of nitrogens with zero attached hydrogens (tertiary/aromatic N) is 1. The predicted octanol–water partition coefficient (Wildman–Crippen LogP) is 3.92. The first-order valence-corrected chi connectivity index (χ1v) is 8.88. The number of rotatable bonds is 4. The summed E-state index contributed by atoms with van der Waals surface area (Å²) in [6.45, 7) is 7.10. The van der Waals surface area contributed by atoms with E-state index in [9.17, 15) is 0 Å². The normalized spacial score (nSPS) is 30.1. The zero-order valence-electron chi connectivity index (χ0n) is 13.6. The van der Waals surface area contributed by atoms with E-state index in [1.165, 1.54) is 45.1 Å². The molecule has 1 aromatic carbocycles. The van der Waals surface area contributed by atoms with E-state index in [-0.39, 0.29) is 0 Å². The monoisotopic (exact) mass is 286 g/mol. The van der Waals surface area contributed by atoms with E-state index < -0.39 is 0 Å². The molecule has 1 aromatic rings. The summed E-state index contributed by atoms with van der Waals surface area (Å²) in [5.74, 6) is 0. The molecule has 1 N–H and O–H groups in total. The number of fused-ring (bicyclic) bond motifs is 1. The van der Waals surface area contributed by atoms with Gasteiger partial charge in [-0.05, 0) is 69.7 Å². The summed E-state index contributed by atoms with van der Waals surface area (Å²) in [5, 5.41) is 3.87. The number of likely N-dealkylation sites (tertiary alicyclic amines) is 1. The second kappa shape index (κ2) is 6.93.